The third-order valence-electron chi connectivity index (χ3n) is 5.45. The molecule has 31 heavy (non-hydrogen) atoms. The van der Waals surface area contributed by atoms with Crippen molar-refractivity contribution in [2.45, 2.75) is 31.7 Å². The molecule has 0 unspecified atom stereocenters. The number of benzene rings is 2. The summed E-state index contributed by atoms with van der Waals surface area (Å²) >= 11 is 0. The van der Waals surface area contributed by atoms with Crippen molar-refractivity contribution < 1.29 is 26.4 Å². The minimum Gasteiger partial charge on any atom is -0.322 e. The van der Waals surface area contributed by atoms with Gasteiger partial charge in [0.25, 0.3) is 0 Å². The predicted molar refractivity (Wildman–Crippen MR) is 111 cm³/mol. The van der Waals surface area contributed by atoms with Gasteiger partial charge in [-0.15, -0.1) is 0 Å². The van der Waals surface area contributed by atoms with Crippen molar-refractivity contribution >= 4 is 21.6 Å². The number of nitrogens with one attached hydrogen (secondary N) is 1. The number of nitrogens with zero attached hydrogens (tertiary/aromatic N) is 2. The van der Waals surface area contributed by atoms with Crippen molar-refractivity contribution in [3.8, 4) is 0 Å². The van der Waals surface area contributed by atoms with E-state index in [1.165, 1.54) is 4.31 Å². The van der Waals surface area contributed by atoms with Crippen LogP contribution in [-0.4, -0.2) is 55.8 Å². The van der Waals surface area contributed by atoms with E-state index in [9.17, 15) is 26.4 Å². The van der Waals surface area contributed by atoms with Gasteiger partial charge in [0.15, 0.2) is 17.5 Å². The molecule has 1 atom stereocenters. The van der Waals surface area contributed by atoms with Gasteiger partial charge < -0.3 is 5.32 Å². The molecule has 1 saturated heterocycles. The molecular formula is C21H24F3N3O3S. The van der Waals surface area contributed by atoms with Gasteiger partial charge in [-0.25, -0.2) is 21.6 Å². The first kappa shape index (κ1) is 23.2. The number of hydrogen-bond acceptors (Lipinski definition) is 4. The number of carbonyl (C=O) groups is 1. The van der Waals surface area contributed by atoms with Crippen LogP contribution in [0.5, 0.6) is 0 Å². The van der Waals surface area contributed by atoms with E-state index in [1.807, 2.05) is 13.0 Å². The zero-order valence-corrected chi connectivity index (χ0v) is 18.3. The molecule has 0 spiro atoms. The summed E-state index contributed by atoms with van der Waals surface area (Å²) in [5.41, 5.74) is 1.05. The molecule has 0 radical (unpaired) electrons. The van der Waals surface area contributed by atoms with E-state index >= 15 is 0 Å². The minimum absolute atomic E-state index is 0.187. The van der Waals surface area contributed by atoms with Crippen LogP contribution in [-0.2, 0) is 14.8 Å². The lowest BCUT2D eigenvalue weighted by molar-refractivity contribution is -0.121. The molecule has 0 aromatic heterocycles. The Bertz CT molecular complexity index is 1100. The normalized spacial score (nSPS) is 16.8. The number of carbonyl (C=O) groups excluding carboxylic acids is 1. The molecule has 1 N–H and O–H groups in total. The molecule has 6 nitrogen and oxygen atoms in total. The summed E-state index contributed by atoms with van der Waals surface area (Å²) in [7, 11) is -3.67. The van der Waals surface area contributed by atoms with Crippen LogP contribution < -0.4 is 5.32 Å². The second-order valence-corrected chi connectivity index (χ2v) is 9.50. The molecule has 3 rings (SSSR count). The average molecular weight is 456 g/mol. The number of piperazine rings is 1. The number of hydrogen-bond donors (Lipinski definition) is 1. The average Bonchev–Trinajstić information content (AvgIpc) is 2.75. The first-order valence-corrected chi connectivity index (χ1v) is 11.2. The number of amides is 1. The predicted octanol–water partition coefficient (Wildman–Crippen LogP) is 3.05. The number of anilines is 1. The maximum absolute atomic E-state index is 13.8. The molecule has 1 fully saturated rings. The Balaban J connectivity index is 1.65. The standard InChI is InChI=1S/C21H24F3N3O3S/c1-13-4-5-14(2)18(12-13)31(29,30)27-10-8-26(9-11-27)15(3)21(28)25-17-7-6-16(22)19(23)20(17)24/h4-7,12,15H,8-11H2,1-3H3,(H,25,28)/t15-/m1/s1. The van der Waals surface area contributed by atoms with Crippen molar-refractivity contribution in [3.05, 3.63) is 58.9 Å². The van der Waals surface area contributed by atoms with Crippen LogP contribution >= 0.6 is 0 Å². The SMILES string of the molecule is Cc1ccc(C)c(S(=O)(=O)N2CCN([C@H](C)C(=O)Nc3ccc(F)c(F)c3F)CC2)c1. The van der Waals surface area contributed by atoms with Gasteiger partial charge in [0.2, 0.25) is 15.9 Å². The Morgan fingerprint density at radius 2 is 1.65 bits per heavy atom. The summed E-state index contributed by atoms with van der Waals surface area (Å²) in [6.45, 7) is 6.11. The summed E-state index contributed by atoms with van der Waals surface area (Å²) in [5.74, 6) is -5.07. The van der Waals surface area contributed by atoms with E-state index in [-0.39, 0.29) is 18.0 Å². The van der Waals surface area contributed by atoms with Crippen molar-refractivity contribution in [2.24, 2.45) is 0 Å². The second kappa shape index (κ2) is 8.97. The van der Waals surface area contributed by atoms with Gasteiger partial charge in [-0.1, -0.05) is 12.1 Å². The molecule has 1 amide bonds. The van der Waals surface area contributed by atoms with Gasteiger partial charge in [0.05, 0.1) is 16.6 Å². The van der Waals surface area contributed by atoms with Gasteiger partial charge in [-0.3, -0.25) is 9.69 Å². The van der Waals surface area contributed by atoms with Crippen molar-refractivity contribution in [1.82, 2.24) is 9.21 Å². The molecule has 2 aromatic rings. The molecule has 10 heteroatoms. The maximum Gasteiger partial charge on any atom is 0.243 e. The maximum atomic E-state index is 13.8. The summed E-state index contributed by atoms with van der Waals surface area (Å²) in [5, 5.41) is 2.26. The van der Waals surface area contributed by atoms with Crippen LogP contribution in [0.4, 0.5) is 18.9 Å². The van der Waals surface area contributed by atoms with Crippen LogP contribution in [0.15, 0.2) is 35.2 Å². The molecule has 1 heterocycles. The topological polar surface area (TPSA) is 69.7 Å². The Labute approximate surface area is 179 Å². The largest absolute Gasteiger partial charge is 0.322 e. The van der Waals surface area contributed by atoms with E-state index in [0.717, 1.165) is 17.7 Å². The van der Waals surface area contributed by atoms with E-state index in [0.29, 0.717) is 18.7 Å². The van der Waals surface area contributed by atoms with Crippen molar-refractivity contribution in [2.75, 3.05) is 31.5 Å². The monoisotopic (exact) mass is 455 g/mol. The Hall–Kier alpha value is -2.43. The van der Waals surface area contributed by atoms with Crippen molar-refractivity contribution in [1.29, 1.82) is 0 Å². The van der Waals surface area contributed by atoms with Gasteiger partial charge in [0.1, 0.15) is 0 Å². The number of halogens is 3. The van der Waals surface area contributed by atoms with Gasteiger partial charge in [0, 0.05) is 26.2 Å². The van der Waals surface area contributed by atoms with Gasteiger partial charge in [-0.05, 0) is 50.1 Å². The fourth-order valence-electron chi connectivity index (χ4n) is 3.48. The molecule has 1 aliphatic heterocycles. The van der Waals surface area contributed by atoms with E-state index in [4.69, 9.17) is 0 Å². The summed E-state index contributed by atoms with van der Waals surface area (Å²) in [4.78, 5) is 14.5. The van der Waals surface area contributed by atoms with E-state index < -0.39 is 45.1 Å². The van der Waals surface area contributed by atoms with E-state index in [1.54, 1.807) is 30.9 Å². The molecule has 0 bridgehead atoms. The first-order chi connectivity index (χ1) is 14.5. The summed E-state index contributed by atoms with van der Waals surface area (Å²) < 4.78 is 67.7. The quantitative estimate of drug-likeness (QED) is 0.704. The Morgan fingerprint density at radius 3 is 2.29 bits per heavy atom. The van der Waals surface area contributed by atoms with Crippen LogP contribution in [0, 0.1) is 31.3 Å². The fraction of sp³-hybridized carbons (Fsp3) is 0.381. The van der Waals surface area contributed by atoms with Crippen LogP contribution in [0.3, 0.4) is 0 Å². The Morgan fingerprint density at radius 1 is 1.00 bits per heavy atom. The smallest absolute Gasteiger partial charge is 0.243 e. The zero-order chi connectivity index (χ0) is 22.9. The van der Waals surface area contributed by atoms with Crippen LogP contribution in [0.25, 0.3) is 0 Å². The molecule has 1 aliphatic rings. The Kier molecular flexibility index (Phi) is 6.73. The first-order valence-electron chi connectivity index (χ1n) is 9.78. The molecule has 2 aromatic carbocycles. The van der Waals surface area contributed by atoms with Crippen LogP contribution in [0.1, 0.15) is 18.1 Å². The highest BCUT2D eigenvalue weighted by atomic mass is 32.2. The summed E-state index contributed by atoms with van der Waals surface area (Å²) in [6.07, 6.45) is 0. The molecule has 0 aliphatic carbocycles. The van der Waals surface area contributed by atoms with Crippen molar-refractivity contribution in [3.63, 3.8) is 0 Å². The minimum atomic E-state index is -3.67. The van der Waals surface area contributed by atoms with Gasteiger partial charge in [-0.2, -0.15) is 4.31 Å². The number of rotatable bonds is 5. The lowest BCUT2D eigenvalue weighted by Crippen LogP contribution is -2.54. The fourth-order valence-corrected chi connectivity index (χ4v) is 5.21. The molecular weight excluding hydrogens is 431 g/mol. The highest BCUT2D eigenvalue weighted by Gasteiger charge is 2.33. The third kappa shape index (κ3) is 4.76. The molecule has 0 saturated carbocycles. The summed E-state index contributed by atoms with van der Waals surface area (Å²) in [6, 6.07) is 6.22. The molecule has 168 valence electrons. The zero-order valence-electron chi connectivity index (χ0n) is 17.5. The highest BCUT2D eigenvalue weighted by molar-refractivity contribution is 7.89. The number of sulfonamides is 1. The second-order valence-electron chi connectivity index (χ2n) is 7.60. The highest BCUT2D eigenvalue weighted by Crippen LogP contribution is 2.24. The third-order valence-corrected chi connectivity index (χ3v) is 7.50. The van der Waals surface area contributed by atoms with Crippen LogP contribution in [0.2, 0.25) is 0 Å². The van der Waals surface area contributed by atoms with E-state index in [2.05, 4.69) is 5.32 Å². The lowest BCUT2D eigenvalue weighted by Gasteiger charge is -2.37. The number of aryl methyl sites for hydroxylation is 2. The lowest BCUT2D eigenvalue weighted by atomic mass is 10.2. The van der Waals surface area contributed by atoms with Gasteiger partial charge >= 0.3 is 0 Å².